The standard InChI is InChI=1S/2Er.3H2O4Te/c;;3*1-5(2,3)4/h;;3*(H2,1,2,3,4)/q2*+3;;;/p-6. The van der Waals surface area contributed by atoms with Crippen molar-refractivity contribution < 1.29 is 114 Å². The maximum absolute atomic E-state index is 8.63. The van der Waals surface area contributed by atoms with Crippen molar-refractivity contribution in [3.05, 3.63) is 0 Å². The number of rotatable bonds is 0. The van der Waals surface area contributed by atoms with E-state index in [4.69, 9.17) is 39.5 Å². The van der Waals surface area contributed by atoms with Gasteiger partial charge in [0, 0.05) is 0 Å². The molecule has 2 radical (unpaired) electrons. The van der Waals surface area contributed by atoms with Gasteiger partial charge in [-0.3, -0.25) is 0 Å². The van der Waals surface area contributed by atoms with Gasteiger partial charge >= 0.3 is 171 Å². The first-order chi connectivity index (χ1) is 6.00. The van der Waals surface area contributed by atoms with Crippen molar-refractivity contribution in [1.29, 1.82) is 0 Å². The molecule has 0 spiro atoms. The first-order valence-corrected chi connectivity index (χ1v) is 13.4. The van der Waals surface area contributed by atoms with Crippen molar-refractivity contribution in [2.24, 2.45) is 0 Å². The predicted molar refractivity (Wildman–Crippen MR) is 21.4 cm³/mol. The molecule has 0 rings (SSSR count). The molecule has 0 heterocycles. The van der Waals surface area contributed by atoms with Gasteiger partial charge < -0.3 is 0 Å². The molecule has 0 bridgehead atoms. The maximum Gasteiger partial charge on any atom is 3.00 e. The van der Waals surface area contributed by atoms with E-state index in [0.29, 0.717) is 0 Å². The summed E-state index contributed by atoms with van der Waals surface area (Å²) in [5.41, 5.74) is 0. The third kappa shape index (κ3) is 503. The molecule has 0 atom stereocenters. The van der Waals surface area contributed by atoms with Crippen LogP contribution in [0.5, 0.6) is 0 Å². The summed E-state index contributed by atoms with van der Waals surface area (Å²) in [7, 11) is 0. The Balaban J connectivity index is -0.0000000400. The first-order valence-electron chi connectivity index (χ1n) is 2.00. The second kappa shape index (κ2) is 14.4. The topological polar surface area (TPSA) is 241 Å². The van der Waals surface area contributed by atoms with Crippen LogP contribution in [0, 0.1) is 74.6 Å². The zero-order valence-corrected chi connectivity index (χ0v) is 17.4. The van der Waals surface area contributed by atoms with Crippen LogP contribution >= 0.6 is 0 Å². The molecular weight excluding hydrogens is 909 g/mol. The first kappa shape index (κ1) is 32.4. The van der Waals surface area contributed by atoms with Gasteiger partial charge in [0.2, 0.25) is 0 Å². The Bertz CT molecular complexity index is 341. The fraction of sp³-hybridized carbons (Fsp3) is 0. The van der Waals surface area contributed by atoms with Crippen molar-refractivity contribution in [2.75, 3.05) is 0 Å². The Morgan fingerprint density at radius 1 is 0.412 bits per heavy atom. The van der Waals surface area contributed by atoms with Gasteiger partial charge in [0.15, 0.2) is 0 Å². The van der Waals surface area contributed by atoms with Gasteiger partial charge in [-0.25, -0.2) is 0 Å². The molecule has 17 heteroatoms. The second-order valence-electron chi connectivity index (χ2n) is 1.22. The van der Waals surface area contributed by atoms with Crippen LogP contribution in [-0.2, 0) is 18.6 Å². The third-order valence-electron chi connectivity index (χ3n) is 0. The molecule has 0 N–H and O–H groups in total. The Morgan fingerprint density at radius 2 is 0.412 bits per heavy atom. The summed E-state index contributed by atoms with van der Waals surface area (Å²) >= 11 is -18.1. The van der Waals surface area contributed by atoms with Crippen molar-refractivity contribution >= 4 is 56.9 Å². The van der Waals surface area contributed by atoms with Crippen LogP contribution in [0.4, 0.5) is 0 Å². The summed E-state index contributed by atoms with van der Waals surface area (Å²) in [5.74, 6) is 0. The number of hydrogen-bond acceptors (Lipinski definition) is 12. The van der Waals surface area contributed by atoms with Crippen molar-refractivity contribution in [2.45, 2.75) is 0 Å². The molecule has 0 aliphatic heterocycles. The Hall–Kier alpha value is 3.42. The Labute approximate surface area is 167 Å². The van der Waals surface area contributed by atoms with E-state index < -0.39 is 56.9 Å². The van der Waals surface area contributed by atoms with E-state index in [0.717, 1.165) is 0 Å². The molecule has 0 saturated heterocycles. The van der Waals surface area contributed by atoms with Gasteiger partial charge in [0.05, 0.1) is 0 Å². The molecule has 17 heavy (non-hydrogen) atoms. The van der Waals surface area contributed by atoms with E-state index >= 15 is 0 Å². The van der Waals surface area contributed by atoms with Gasteiger partial charge in [-0.15, -0.1) is 0 Å². The number of hydrogen-bond donors (Lipinski definition) is 0. The minimum absolute atomic E-state index is 0. The van der Waals surface area contributed by atoms with E-state index in [2.05, 4.69) is 0 Å². The average Bonchev–Trinajstić information content (AvgIpc) is 1.41. The molecule has 114 valence electrons. The monoisotopic (exact) mass is 914 g/mol. The smallest absolute Gasteiger partial charge is 3.00 e. The zero-order chi connectivity index (χ0) is 13.5. The second-order valence-corrected chi connectivity index (χ2v) is 8.22. The Kier molecular flexibility index (Phi) is 27.4. The van der Waals surface area contributed by atoms with E-state index in [-0.39, 0.29) is 74.6 Å². The predicted octanol–water partition coefficient (Wildman–Crippen LogP) is -8.99. The summed E-state index contributed by atoms with van der Waals surface area (Å²) in [6.07, 6.45) is 0. The van der Waals surface area contributed by atoms with Crippen LogP contribution in [0.2, 0.25) is 0 Å². The molecule has 0 unspecified atom stereocenters. The van der Waals surface area contributed by atoms with Crippen LogP contribution in [-0.4, -0.2) is 56.9 Å². The fourth-order valence-corrected chi connectivity index (χ4v) is 0. The van der Waals surface area contributed by atoms with Crippen LogP contribution in [0.25, 0.3) is 0 Å². The maximum atomic E-state index is 8.63. The quantitative estimate of drug-likeness (QED) is 0.206. The van der Waals surface area contributed by atoms with Crippen molar-refractivity contribution in [1.82, 2.24) is 0 Å². The summed E-state index contributed by atoms with van der Waals surface area (Å²) in [6.45, 7) is 0. The van der Waals surface area contributed by atoms with Crippen LogP contribution in [0.15, 0.2) is 0 Å². The molecule has 12 nitrogen and oxygen atoms in total. The third-order valence-corrected chi connectivity index (χ3v) is 0. The molecule has 0 amide bonds. The molecule has 0 aromatic carbocycles. The van der Waals surface area contributed by atoms with Crippen molar-refractivity contribution in [3.63, 3.8) is 0 Å². The van der Waals surface area contributed by atoms with Gasteiger partial charge in [0.25, 0.3) is 0 Å². The molecule has 0 aliphatic carbocycles. The van der Waals surface area contributed by atoms with Crippen molar-refractivity contribution in [3.8, 4) is 0 Å². The summed E-state index contributed by atoms with van der Waals surface area (Å²) < 4.78 is 104. The van der Waals surface area contributed by atoms with E-state index in [1.54, 1.807) is 0 Å². The molecule has 0 fully saturated rings. The van der Waals surface area contributed by atoms with E-state index in [1.165, 1.54) is 0 Å². The zero-order valence-electron chi connectivity index (χ0n) is 6.70. The summed E-state index contributed by atoms with van der Waals surface area (Å²) in [5, 5.41) is 0. The molecule has 0 saturated carbocycles. The summed E-state index contributed by atoms with van der Waals surface area (Å²) in [4.78, 5) is 0. The van der Waals surface area contributed by atoms with Gasteiger partial charge in [0.1, 0.15) is 0 Å². The SMILES string of the molecule is O=[Te](=O)([O-])[O-].O=[Te](=O)([O-])[O-].O=[Te](=O)([O-])[O-].[Er+3].[Er+3]. The molecule has 0 aromatic rings. The van der Waals surface area contributed by atoms with Crippen LogP contribution in [0.1, 0.15) is 0 Å². The molecular formula is Er2O12Te3. The van der Waals surface area contributed by atoms with Gasteiger partial charge in [-0.1, -0.05) is 0 Å². The average molecular weight is 909 g/mol. The van der Waals surface area contributed by atoms with Crippen LogP contribution < -0.4 is 20.8 Å². The van der Waals surface area contributed by atoms with E-state index in [1.807, 2.05) is 0 Å². The Morgan fingerprint density at radius 3 is 0.412 bits per heavy atom. The molecule has 0 aliphatic rings. The fourth-order valence-electron chi connectivity index (χ4n) is 0. The largest absolute Gasteiger partial charge is 3.00 e. The normalized spacial score (nSPS) is 10.2. The van der Waals surface area contributed by atoms with Crippen LogP contribution in [0.3, 0.4) is 0 Å². The van der Waals surface area contributed by atoms with Gasteiger partial charge in [-0.05, 0) is 0 Å². The molecule has 0 aromatic heterocycles. The van der Waals surface area contributed by atoms with E-state index in [9.17, 15) is 0 Å². The summed E-state index contributed by atoms with van der Waals surface area (Å²) in [6, 6.07) is 0. The minimum Gasteiger partial charge on any atom is 3.00 e. The van der Waals surface area contributed by atoms with Gasteiger partial charge in [-0.2, -0.15) is 0 Å². The minimum atomic E-state index is -6.02.